The van der Waals surface area contributed by atoms with E-state index in [2.05, 4.69) is 10.3 Å². The lowest BCUT2D eigenvalue weighted by molar-refractivity contribution is -0.384. The minimum Gasteiger partial charge on any atom is -0.378 e. The first-order chi connectivity index (χ1) is 11.0. The van der Waals surface area contributed by atoms with Crippen molar-refractivity contribution < 1.29 is 14.1 Å². The Bertz CT molecular complexity index is 796. The van der Waals surface area contributed by atoms with Crippen molar-refractivity contribution in [1.82, 2.24) is 10.3 Å². The lowest BCUT2D eigenvalue weighted by atomic mass is 10.1. The van der Waals surface area contributed by atoms with E-state index in [0.717, 1.165) is 11.6 Å². The quantitative estimate of drug-likeness (QED) is 0.662. The van der Waals surface area contributed by atoms with Gasteiger partial charge in [0.1, 0.15) is 11.5 Å². The van der Waals surface area contributed by atoms with Gasteiger partial charge >= 0.3 is 5.69 Å². The first-order valence-corrected chi connectivity index (χ1v) is 6.93. The number of nitrogens with two attached hydrogens (primary N) is 1. The number of pyridine rings is 1. The minimum absolute atomic E-state index is 0.0120. The molecule has 23 heavy (non-hydrogen) atoms. The Morgan fingerprint density at radius 1 is 1.39 bits per heavy atom. The average molecular weight is 316 g/mol. The number of carbonyl (C=O) groups is 1. The molecule has 3 rings (SSSR count). The summed E-state index contributed by atoms with van der Waals surface area (Å²) in [4.78, 5) is 25.9. The summed E-state index contributed by atoms with van der Waals surface area (Å²) in [5.74, 6) is -1.02. The van der Waals surface area contributed by atoms with E-state index in [-0.39, 0.29) is 35.0 Å². The standard InChI is InChI=1S/C15H13FN4O3/c16-9-3-1-2-8(6-9)10-7-12(10)19-15(21)11-4-5-13(20(22)23)14(17)18-11/h1-6,10,12H,7H2,(H2,17,18)(H,19,21). The fraction of sp³-hybridized carbons (Fsp3) is 0.200. The smallest absolute Gasteiger partial charge is 0.311 e. The zero-order chi connectivity index (χ0) is 16.6. The number of nitrogens with zero attached hydrogens (tertiary/aromatic N) is 2. The van der Waals surface area contributed by atoms with Crippen LogP contribution in [0.25, 0.3) is 0 Å². The number of nitro groups is 1. The van der Waals surface area contributed by atoms with E-state index < -0.39 is 10.8 Å². The molecule has 2 unspecified atom stereocenters. The molecule has 1 aromatic carbocycles. The van der Waals surface area contributed by atoms with E-state index in [9.17, 15) is 19.3 Å². The molecule has 3 N–H and O–H groups in total. The highest BCUT2D eigenvalue weighted by Crippen LogP contribution is 2.41. The Balaban J connectivity index is 1.67. The first kappa shape index (κ1) is 14.9. The largest absolute Gasteiger partial charge is 0.378 e. The van der Waals surface area contributed by atoms with Crippen LogP contribution in [-0.2, 0) is 0 Å². The highest BCUT2D eigenvalue weighted by atomic mass is 19.1. The molecule has 1 fully saturated rings. The molecule has 1 aliphatic rings. The third kappa shape index (κ3) is 3.10. The third-order valence-electron chi connectivity index (χ3n) is 3.72. The fourth-order valence-corrected chi connectivity index (χ4v) is 2.45. The van der Waals surface area contributed by atoms with Gasteiger partial charge in [0.05, 0.1) is 4.92 Å². The monoisotopic (exact) mass is 316 g/mol. The summed E-state index contributed by atoms with van der Waals surface area (Å²) >= 11 is 0. The van der Waals surface area contributed by atoms with Crippen LogP contribution in [-0.4, -0.2) is 21.9 Å². The van der Waals surface area contributed by atoms with Gasteiger partial charge in [0.2, 0.25) is 5.82 Å². The Morgan fingerprint density at radius 3 is 2.83 bits per heavy atom. The molecule has 2 aromatic rings. The van der Waals surface area contributed by atoms with Crippen LogP contribution in [0.2, 0.25) is 0 Å². The number of hydrogen-bond donors (Lipinski definition) is 2. The van der Waals surface area contributed by atoms with Gasteiger partial charge in [-0.3, -0.25) is 14.9 Å². The Morgan fingerprint density at radius 2 is 2.17 bits per heavy atom. The van der Waals surface area contributed by atoms with Crippen LogP contribution in [0.5, 0.6) is 0 Å². The van der Waals surface area contributed by atoms with Gasteiger partial charge in [-0.15, -0.1) is 0 Å². The van der Waals surface area contributed by atoms with Crippen LogP contribution < -0.4 is 11.1 Å². The van der Waals surface area contributed by atoms with Crippen LogP contribution in [0.1, 0.15) is 28.4 Å². The summed E-state index contributed by atoms with van der Waals surface area (Å²) in [7, 11) is 0. The molecule has 0 spiro atoms. The molecular formula is C15H13FN4O3. The summed E-state index contributed by atoms with van der Waals surface area (Å²) in [6.07, 6.45) is 0.706. The van der Waals surface area contributed by atoms with E-state index in [1.165, 1.54) is 18.2 Å². The van der Waals surface area contributed by atoms with Gasteiger partial charge in [-0.1, -0.05) is 12.1 Å². The van der Waals surface area contributed by atoms with E-state index in [0.29, 0.717) is 6.42 Å². The number of nitrogen functional groups attached to an aromatic ring is 1. The van der Waals surface area contributed by atoms with Crippen molar-refractivity contribution in [3.05, 3.63) is 63.6 Å². The summed E-state index contributed by atoms with van der Waals surface area (Å²) in [5.41, 5.74) is 5.96. The summed E-state index contributed by atoms with van der Waals surface area (Å²) < 4.78 is 13.2. The number of halogens is 1. The predicted molar refractivity (Wildman–Crippen MR) is 80.3 cm³/mol. The van der Waals surface area contributed by atoms with Crippen molar-refractivity contribution in [3.63, 3.8) is 0 Å². The van der Waals surface area contributed by atoms with Crippen molar-refractivity contribution >= 4 is 17.4 Å². The number of benzene rings is 1. The highest BCUT2D eigenvalue weighted by Gasteiger charge is 2.40. The molecule has 0 saturated heterocycles. The summed E-state index contributed by atoms with van der Waals surface area (Å²) in [6, 6.07) is 8.53. The van der Waals surface area contributed by atoms with Crippen molar-refractivity contribution in [3.8, 4) is 0 Å². The Hall–Kier alpha value is -3.03. The molecule has 1 saturated carbocycles. The maximum Gasteiger partial charge on any atom is 0.311 e. The van der Waals surface area contributed by atoms with E-state index in [1.54, 1.807) is 6.07 Å². The molecule has 0 radical (unpaired) electrons. The second kappa shape index (κ2) is 5.64. The molecule has 0 bridgehead atoms. The van der Waals surface area contributed by atoms with Crippen molar-refractivity contribution in [2.45, 2.75) is 18.4 Å². The lowest BCUT2D eigenvalue weighted by Crippen LogP contribution is -2.27. The molecule has 118 valence electrons. The van der Waals surface area contributed by atoms with Crippen LogP contribution in [0.15, 0.2) is 36.4 Å². The minimum atomic E-state index is -0.662. The zero-order valence-electron chi connectivity index (χ0n) is 11.9. The molecule has 8 heteroatoms. The van der Waals surface area contributed by atoms with E-state index in [4.69, 9.17) is 5.73 Å². The molecule has 1 heterocycles. The van der Waals surface area contributed by atoms with Gasteiger partial charge in [-0.2, -0.15) is 0 Å². The summed E-state index contributed by atoms with van der Waals surface area (Å²) in [5, 5.41) is 13.4. The highest BCUT2D eigenvalue weighted by molar-refractivity contribution is 5.93. The van der Waals surface area contributed by atoms with Crippen LogP contribution in [0, 0.1) is 15.9 Å². The van der Waals surface area contributed by atoms with Gasteiger partial charge in [0.25, 0.3) is 5.91 Å². The normalized spacial score (nSPS) is 19.2. The third-order valence-corrected chi connectivity index (χ3v) is 3.72. The second-order valence-electron chi connectivity index (χ2n) is 5.34. The predicted octanol–water partition coefficient (Wildman–Crippen LogP) is 2.00. The van der Waals surface area contributed by atoms with E-state index >= 15 is 0 Å². The van der Waals surface area contributed by atoms with Crippen molar-refractivity contribution in [2.24, 2.45) is 0 Å². The number of carbonyl (C=O) groups excluding carboxylic acids is 1. The second-order valence-corrected chi connectivity index (χ2v) is 5.34. The molecule has 2 atom stereocenters. The number of aromatic nitrogens is 1. The van der Waals surface area contributed by atoms with Crippen LogP contribution in [0.3, 0.4) is 0 Å². The van der Waals surface area contributed by atoms with Gasteiger partial charge in [0.15, 0.2) is 0 Å². The first-order valence-electron chi connectivity index (χ1n) is 6.93. The van der Waals surface area contributed by atoms with Gasteiger partial charge in [-0.05, 0) is 30.2 Å². The number of hydrogen-bond acceptors (Lipinski definition) is 5. The average Bonchev–Trinajstić information content (AvgIpc) is 3.26. The SMILES string of the molecule is Nc1nc(C(=O)NC2CC2c2cccc(F)c2)ccc1[N+](=O)[O-]. The Labute approximate surface area is 130 Å². The number of rotatable bonds is 4. The van der Waals surface area contributed by atoms with Crippen molar-refractivity contribution in [2.75, 3.05) is 5.73 Å². The van der Waals surface area contributed by atoms with Gasteiger partial charge in [-0.25, -0.2) is 9.37 Å². The topological polar surface area (TPSA) is 111 Å². The maximum absolute atomic E-state index is 13.2. The number of amides is 1. The van der Waals surface area contributed by atoms with Gasteiger partial charge < -0.3 is 11.1 Å². The number of nitrogens with one attached hydrogen (secondary N) is 1. The Kier molecular flexibility index (Phi) is 3.65. The molecule has 0 aliphatic heterocycles. The molecule has 1 aromatic heterocycles. The number of anilines is 1. The van der Waals surface area contributed by atoms with E-state index in [1.807, 2.05) is 6.07 Å². The summed E-state index contributed by atoms with van der Waals surface area (Å²) in [6.45, 7) is 0. The fourth-order valence-electron chi connectivity index (χ4n) is 2.45. The maximum atomic E-state index is 13.2. The lowest BCUT2D eigenvalue weighted by Gasteiger charge is -2.05. The van der Waals surface area contributed by atoms with Crippen molar-refractivity contribution in [1.29, 1.82) is 0 Å². The molecule has 1 aliphatic carbocycles. The van der Waals surface area contributed by atoms with Crippen LogP contribution >= 0.6 is 0 Å². The van der Waals surface area contributed by atoms with Gasteiger partial charge in [0, 0.05) is 18.0 Å². The molecule has 1 amide bonds. The zero-order valence-corrected chi connectivity index (χ0v) is 11.9. The molecule has 7 nitrogen and oxygen atoms in total. The van der Waals surface area contributed by atoms with Crippen LogP contribution in [0.4, 0.5) is 15.9 Å². The molecular weight excluding hydrogens is 303 g/mol.